The molecule has 1 aromatic carbocycles. The van der Waals surface area contributed by atoms with Crippen LogP contribution in [0, 0.1) is 12.7 Å². The first kappa shape index (κ1) is 27.8. The van der Waals surface area contributed by atoms with Gasteiger partial charge in [-0.2, -0.15) is 5.10 Å². The van der Waals surface area contributed by atoms with E-state index in [2.05, 4.69) is 25.7 Å². The number of benzene rings is 1. The Bertz CT molecular complexity index is 1670. The fourth-order valence-electron chi connectivity index (χ4n) is 5.18. The van der Waals surface area contributed by atoms with E-state index in [0.717, 1.165) is 36.8 Å². The first-order chi connectivity index (χ1) is 19.0. The van der Waals surface area contributed by atoms with Crippen LogP contribution in [0.15, 0.2) is 40.4 Å². The van der Waals surface area contributed by atoms with E-state index in [4.69, 9.17) is 0 Å². The number of nitrogens with one attached hydrogen (secondary N) is 2. The topological polar surface area (TPSA) is 107 Å². The molecule has 5 rings (SSSR count). The van der Waals surface area contributed by atoms with E-state index in [1.165, 1.54) is 23.9 Å². The fraction of sp³-hybridized carbons (Fsp3) is 0.414. The SMILES string of the molecule is CSc1ncc2cc(-c3cc(NC(=O)Nc4cc(C(C)(C)C)nn4C)c(F)cc3C)c(=O)n(C3CCCC3)c2n1. The summed E-state index contributed by atoms with van der Waals surface area (Å²) in [5.74, 6) is -0.115. The van der Waals surface area contributed by atoms with Gasteiger partial charge in [-0.3, -0.25) is 19.4 Å². The lowest BCUT2D eigenvalue weighted by atomic mass is 9.92. The number of rotatable bonds is 5. The monoisotopic (exact) mass is 563 g/mol. The van der Waals surface area contributed by atoms with Crippen LogP contribution in [0.25, 0.3) is 22.2 Å². The van der Waals surface area contributed by atoms with Crippen LogP contribution in [0.2, 0.25) is 0 Å². The third-order valence-electron chi connectivity index (χ3n) is 7.37. The molecule has 11 heteroatoms. The number of aryl methyl sites for hydroxylation is 2. The summed E-state index contributed by atoms with van der Waals surface area (Å²) in [5.41, 5.74) is 2.57. The molecule has 210 valence electrons. The number of aromatic nitrogens is 5. The zero-order chi connectivity index (χ0) is 28.8. The molecule has 9 nitrogen and oxygen atoms in total. The molecule has 3 heterocycles. The third kappa shape index (κ3) is 5.34. The van der Waals surface area contributed by atoms with E-state index in [1.54, 1.807) is 41.5 Å². The molecule has 0 spiro atoms. The van der Waals surface area contributed by atoms with Crippen molar-refractivity contribution >= 4 is 40.3 Å². The van der Waals surface area contributed by atoms with E-state index < -0.39 is 11.8 Å². The van der Waals surface area contributed by atoms with E-state index in [0.29, 0.717) is 33.3 Å². The maximum absolute atomic E-state index is 15.1. The smallest absolute Gasteiger partial charge is 0.305 e. The van der Waals surface area contributed by atoms with Gasteiger partial charge >= 0.3 is 6.03 Å². The zero-order valence-corrected chi connectivity index (χ0v) is 24.4. The van der Waals surface area contributed by atoms with E-state index in [-0.39, 0.29) is 22.7 Å². The zero-order valence-electron chi connectivity index (χ0n) is 23.6. The highest BCUT2D eigenvalue weighted by Crippen LogP contribution is 2.34. The highest BCUT2D eigenvalue weighted by molar-refractivity contribution is 7.98. The first-order valence-electron chi connectivity index (χ1n) is 13.4. The van der Waals surface area contributed by atoms with Gasteiger partial charge in [0, 0.05) is 41.7 Å². The Morgan fingerprint density at radius 3 is 2.48 bits per heavy atom. The Morgan fingerprint density at radius 1 is 1.10 bits per heavy atom. The van der Waals surface area contributed by atoms with Crippen molar-refractivity contribution in [2.75, 3.05) is 16.9 Å². The average molecular weight is 564 g/mol. The Kier molecular flexibility index (Phi) is 7.43. The van der Waals surface area contributed by atoms with Crippen molar-refractivity contribution in [3.63, 3.8) is 0 Å². The van der Waals surface area contributed by atoms with Gasteiger partial charge < -0.3 is 5.32 Å². The molecule has 1 fully saturated rings. The molecule has 0 bridgehead atoms. The molecular formula is C29H34FN7O2S. The lowest BCUT2D eigenvalue weighted by Gasteiger charge is -2.19. The fourth-order valence-corrected chi connectivity index (χ4v) is 5.51. The predicted octanol–water partition coefficient (Wildman–Crippen LogP) is 6.42. The maximum atomic E-state index is 15.1. The second kappa shape index (κ2) is 10.7. The molecule has 2 N–H and O–H groups in total. The van der Waals surface area contributed by atoms with Crippen LogP contribution in [0.5, 0.6) is 0 Å². The van der Waals surface area contributed by atoms with Gasteiger partial charge in [0.15, 0.2) is 5.16 Å². The minimum atomic E-state index is -0.614. The summed E-state index contributed by atoms with van der Waals surface area (Å²) in [5, 5.41) is 11.2. The summed E-state index contributed by atoms with van der Waals surface area (Å²) in [6.07, 6.45) is 7.53. The summed E-state index contributed by atoms with van der Waals surface area (Å²) in [6, 6.07) is 5.84. The summed E-state index contributed by atoms with van der Waals surface area (Å²) >= 11 is 1.43. The second-order valence-corrected chi connectivity index (χ2v) is 12.1. The van der Waals surface area contributed by atoms with Gasteiger partial charge in [-0.15, -0.1) is 0 Å². The van der Waals surface area contributed by atoms with Gasteiger partial charge in [0.05, 0.1) is 11.4 Å². The Balaban J connectivity index is 1.53. The van der Waals surface area contributed by atoms with Crippen molar-refractivity contribution < 1.29 is 9.18 Å². The van der Waals surface area contributed by atoms with E-state index >= 15 is 4.39 Å². The lowest BCUT2D eigenvalue weighted by molar-refractivity contribution is 0.262. The molecule has 1 aliphatic rings. The number of urea groups is 1. The number of pyridine rings is 1. The van der Waals surface area contributed by atoms with Crippen LogP contribution >= 0.6 is 11.8 Å². The van der Waals surface area contributed by atoms with Gasteiger partial charge in [-0.1, -0.05) is 45.4 Å². The molecule has 0 aliphatic heterocycles. The summed E-state index contributed by atoms with van der Waals surface area (Å²) < 4.78 is 18.4. The van der Waals surface area contributed by atoms with Gasteiger partial charge in [0.1, 0.15) is 17.3 Å². The molecule has 4 aromatic rings. The van der Waals surface area contributed by atoms with Crippen LogP contribution in [0.1, 0.15) is 63.8 Å². The highest BCUT2D eigenvalue weighted by Gasteiger charge is 2.25. The highest BCUT2D eigenvalue weighted by atomic mass is 32.2. The Hall–Kier alpha value is -3.73. The number of hydrogen-bond acceptors (Lipinski definition) is 6. The quantitative estimate of drug-likeness (QED) is 0.214. The van der Waals surface area contributed by atoms with Crippen molar-refractivity contribution in [3.05, 3.63) is 57.9 Å². The number of carbonyl (C=O) groups is 1. The molecule has 3 aromatic heterocycles. The molecule has 0 atom stereocenters. The number of amides is 2. The van der Waals surface area contributed by atoms with Crippen LogP contribution in [-0.4, -0.2) is 36.6 Å². The summed E-state index contributed by atoms with van der Waals surface area (Å²) in [4.78, 5) is 36.0. The molecule has 0 saturated heterocycles. The van der Waals surface area contributed by atoms with Crippen molar-refractivity contribution in [2.24, 2.45) is 7.05 Å². The van der Waals surface area contributed by atoms with Crippen molar-refractivity contribution in [2.45, 2.75) is 70.0 Å². The predicted molar refractivity (Wildman–Crippen MR) is 158 cm³/mol. The number of nitrogens with zero attached hydrogens (tertiary/aromatic N) is 5. The maximum Gasteiger partial charge on any atom is 0.324 e. The summed E-state index contributed by atoms with van der Waals surface area (Å²) in [7, 11) is 1.73. The van der Waals surface area contributed by atoms with Crippen LogP contribution < -0.4 is 16.2 Å². The van der Waals surface area contributed by atoms with E-state index in [9.17, 15) is 9.59 Å². The van der Waals surface area contributed by atoms with Crippen molar-refractivity contribution in [1.82, 2.24) is 24.3 Å². The number of carbonyl (C=O) groups excluding carboxylic acids is 1. The second-order valence-electron chi connectivity index (χ2n) is 11.3. The molecular weight excluding hydrogens is 529 g/mol. The number of anilines is 2. The molecule has 2 amide bonds. The van der Waals surface area contributed by atoms with Gasteiger partial charge in [0.2, 0.25) is 0 Å². The minimum absolute atomic E-state index is 0.0304. The van der Waals surface area contributed by atoms with Gasteiger partial charge in [0.25, 0.3) is 5.56 Å². The van der Waals surface area contributed by atoms with Crippen LogP contribution in [-0.2, 0) is 12.5 Å². The largest absolute Gasteiger partial charge is 0.324 e. The molecule has 1 aliphatic carbocycles. The third-order valence-corrected chi connectivity index (χ3v) is 7.93. The first-order valence-corrected chi connectivity index (χ1v) is 14.6. The standard InChI is InChI=1S/C29H34FN7O2S/c1-16-11-21(30)22(32-27(39)33-24-14-23(29(2,3)4)35-36(24)5)13-19(16)20-12-17-15-31-28(40-6)34-25(17)37(26(20)38)18-9-7-8-10-18/h11-15,18H,7-10H2,1-6H3,(H2,32,33,39). The van der Waals surface area contributed by atoms with Gasteiger partial charge in [-0.05, 0) is 55.3 Å². The molecule has 0 radical (unpaired) electrons. The summed E-state index contributed by atoms with van der Waals surface area (Å²) in [6.45, 7) is 7.85. The average Bonchev–Trinajstić information content (AvgIpc) is 3.55. The van der Waals surface area contributed by atoms with Gasteiger partial charge in [-0.25, -0.2) is 19.2 Å². The molecule has 40 heavy (non-hydrogen) atoms. The Labute approximate surface area is 236 Å². The lowest BCUT2D eigenvalue weighted by Crippen LogP contribution is -2.26. The van der Waals surface area contributed by atoms with Crippen molar-refractivity contribution in [3.8, 4) is 11.1 Å². The molecule has 1 saturated carbocycles. The van der Waals surface area contributed by atoms with Crippen LogP contribution in [0.4, 0.5) is 20.7 Å². The number of halogens is 1. The Morgan fingerprint density at radius 2 is 1.82 bits per heavy atom. The van der Waals surface area contributed by atoms with Crippen LogP contribution in [0.3, 0.4) is 0 Å². The number of hydrogen-bond donors (Lipinski definition) is 2. The van der Waals surface area contributed by atoms with E-state index in [1.807, 2.05) is 27.0 Å². The molecule has 0 unspecified atom stereocenters. The normalized spacial score (nSPS) is 14.2. The minimum Gasteiger partial charge on any atom is -0.305 e. The number of fused-ring (bicyclic) bond motifs is 1. The number of thioether (sulfide) groups is 1. The van der Waals surface area contributed by atoms with Crippen molar-refractivity contribution in [1.29, 1.82) is 0 Å².